The number of hydrogen-bond acceptors (Lipinski definition) is 3. The van der Waals surface area contributed by atoms with Crippen molar-refractivity contribution < 1.29 is 8.42 Å². The minimum atomic E-state index is -3.68. The molecule has 0 radical (unpaired) electrons. The molecule has 1 N–H and O–H groups in total. The van der Waals surface area contributed by atoms with Gasteiger partial charge in [-0.2, -0.15) is 5.10 Å². The van der Waals surface area contributed by atoms with E-state index in [1.165, 1.54) is 17.9 Å². The van der Waals surface area contributed by atoms with Gasteiger partial charge in [-0.25, -0.2) is 13.1 Å². The van der Waals surface area contributed by atoms with Crippen molar-refractivity contribution in [2.75, 3.05) is 5.88 Å². The molecule has 0 aliphatic heterocycles. The Bertz CT molecular complexity index is 480. The van der Waals surface area contributed by atoms with Crippen LogP contribution in [0.1, 0.15) is 20.3 Å². The minimum Gasteiger partial charge on any atom is -0.255 e. The highest BCUT2D eigenvalue weighted by atomic mass is 35.5. The largest absolute Gasteiger partial charge is 0.259 e. The summed E-state index contributed by atoms with van der Waals surface area (Å²) < 4.78 is 28.3. The molecule has 0 saturated heterocycles. The van der Waals surface area contributed by atoms with Crippen LogP contribution < -0.4 is 4.72 Å². The topological polar surface area (TPSA) is 64.0 Å². The third kappa shape index (κ3) is 3.60. The lowest BCUT2D eigenvalue weighted by molar-refractivity contribution is 0.436. The molecule has 104 valence electrons. The van der Waals surface area contributed by atoms with Crippen molar-refractivity contribution in [1.29, 1.82) is 0 Å². The van der Waals surface area contributed by atoms with Gasteiger partial charge in [-0.3, -0.25) is 4.68 Å². The summed E-state index contributed by atoms with van der Waals surface area (Å²) in [6.07, 6.45) is 1.87. The van der Waals surface area contributed by atoms with Crippen molar-refractivity contribution in [3.63, 3.8) is 0 Å². The van der Waals surface area contributed by atoms with Gasteiger partial charge in [0, 0.05) is 19.0 Å². The van der Waals surface area contributed by atoms with Crippen LogP contribution in [0.5, 0.6) is 0 Å². The standard InChI is InChI=1S/C10H17Cl2N3O2S/c1-7(2)9(4-5-11)14-18(16,17)10-8(12)6-13-15(10)3/h6-7,9,14H,4-5H2,1-3H3. The number of sulfonamides is 1. The number of hydrogen-bond donors (Lipinski definition) is 1. The molecule has 1 heterocycles. The van der Waals surface area contributed by atoms with E-state index in [9.17, 15) is 8.42 Å². The maximum absolute atomic E-state index is 12.2. The van der Waals surface area contributed by atoms with Crippen LogP contribution in [-0.2, 0) is 17.1 Å². The maximum atomic E-state index is 12.2. The lowest BCUT2D eigenvalue weighted by Gasteiger charge is -2.21. The zero-order valence-electron chi connectivity index (χ0n) is 10.5. The molecule has 0 amide bonds. The van der Waals surface area contributed by atoms with Gasteiger partial charge in [0.25, 0.3) is 10.0 Å². The second-order valence-electron chi connectivity index (χ2n) is 4.37. The van der Waals surface area contributed by atoms with Crippen molar-refractivity contribution >= 4 is 33.2 Å². The fraction of sp³-hybridized carbons (Fsp3) is 0.700. The van der Waals surface area contributed by atoms with Crippen molar-refractivity contribution in [3.8, 4) is 0 Å². The molecule has 0 fully saturated rings. The molecule has 1 atom stereocenters. The van der Waals surface area contributed by atoms with Crippen LogP contribution in [0.2, 0.25) is 5.02 Å². The molecular formula is C10H17Cl2N3O2S. The molecule has 0 aliphatic rings. The van der Waals surface area contributed by atoms with E-state index in [1.54, 1.807) is 0 Å². The lowest BCUT2D eigenvalue weighted by Crippen LogP contribution is -2.39. The molecule has 1 rings (SSSR count). The number of alkyl halides is 1. The Kier molecular flexibility index (Phi) is 5.46. The smallest absolute Gasteiger partial charge is 0.255 e. The summed E-state index contributed by atoms with van der Waals surface area (Å²) in [4.78, 5) is 0. The van der Waals surface area contributed by atoms with Gasteiger partial charge in [-0.15, -0.1) is 11.6 Å². The number of nitrogens with one attached hydrogen (secondary N) is 1. The van der Waals surface area contributed by atoms with Crippen LogP contribution in [-0.4, -0.2) is 30.1 Å². The predicted molar refractivity (Wildman–Crippen MR) is 72.5 cm³/mol. The second kappa shape index (κ2) is 6.23. The van der Waals surface area contributed by atoms with Crippen LogP contribution in [0.25, 0.3) is 0 Å². The molecule has 8 heteroatoms. The van der Waals surface area contributed by atoms with E-state index < -0.39 is 10.0 Å². The van der Waals surface area contributed by atoms with Crippen LogP contribution in [0.4, 0.5) is 0 Å². The fourth-order valence-corrected chi connectivity index (χ4v) is 3.91. The summed E-state index contributed by atoms with van der Waals surface area (Å²) >= 11 is 11.5. The summed E-state index contributed by atoms with van der Waals surface area (Å²) in [5.74, 6) is 0.537. The zero-order chi connectivity index (χ0) is 13.9. The first-order chi connectivity index (χ1) is 8.29. The van der Waals surface area contributed by atoms with Crippen molar-refractivity contribution in [2.45, 2.75) is 31.3 Å². The zero-order valence-corrected chi connectivity index (χ0v) is 12.8. The molecule has 0 saturated carbocycles. The van der Waals surface area contributed by atoms with Gasteiger partial charge in [0.15, 0.2) is 5.03 Å². The number of aromatic nitrogens is 2. The molecule has 0 aromatic carbocycles. The Hall–Kier alpha value is -0.300. The third-order valence-electron chi connectivity index (χ3n) is 2.63. The van der Waals surface area contributed by atoms with Crippen LogP contribution in [0.15, 0.2) is 11.2 Å². The number of halogens is 2. The van der Waals surface area contributed by atoms with E-state index in [0.29, 0.717) is 12.3 Å². The Labute approximate surface area is 118 Å². The van der Waals surface area contributed by atoms with Crippen molar-refractivity contribution in [3.05, 3.63) is 11.2 Å². The molecule has 1 aromatic rings. The Balaban J connectivity index is 3.01. The Morgan fingerprint density at radius 2 is 2.11 bits per heavy atom. The Morgan fingerprint density at radius 1 is 1.50 bits per heavy atom. The van der Waals surface area contributed by atoms with E-state index in [4.69, 9.17) is 23.2 Å². The van der Waals surface area contributed by atoms with Gasteiger partial charge >= 0.3 is 0 Å². The highest BCUT2D eigenvalue weighted by Gasteiger charge is 2.27. The average molecular weight is 314 g/mol. The lowest BCUT2D eigenvalue weighted by atomic mass is 10.0. The first kappa shape index (κ1) is 15.8. The summed E-state index contributed by atoms with van der Waals surface area (Å²) in [7, 11) is -2.15. The summed E-state index contributed by atoms with van der Waals surface area (Å²) in [5, 5.41) is 3.91. The highest BCUT2D eigenvalue weighted by molar-refractivity contribution is 7.89. The van der Waals surface area contributed by atoms with E-state index in [-0.39, 0.29) is 22.0 Å². The minimum absolute atomic E-state index is 0.0237. The normalized spacial score (nSPS) is 14.1. The number of nitrogens with zero attached hydrogens (tertiary/aromatic N) is 2. The molecule has 0 aliphatic carbocycles. The molecule has 5 nitrogen and oxygen atoms in total. The van der Waals surface area contributed by atoms with E-state index in [0.717, 1.165) is 0 Å². The van der Waals surface area contributed by atoms with Crippen molar-refractivity contribution in [1.82, 2.24) is 14.5 Å². The summed E-state index contributed by atoms with van der Waals surface area (Å²) in [6, 6.07) is -0.224. The molecule has 0 bridgehead atoms. The molecular weight excluding hydrogens is 297 g/mol. The first-order valence-corrected chi connectivity index (χ1v) is 7.95. The van der Waals surface area contributed by atoms with Gasteiger partial charge in [0.05, 0.1) is 11.2 Å². The molecule has 1 aromatic heterocycles. The molecule has 1 unspecified atom stereocenters. The maximum Gasteiger partial charge on any atom is 0.259 e. The van der Waals surface area contributed by atoms with E-state index in [1.807, 2.05) is 13.8 Å². The van der Waals surface area contributed by atoms with E-state index >= 15 is 0 Å². The summed E-state index contributed by atoms with van der Waals surface area (Å²) in [5.41, 5.74) is 0. The Morgan fingerprint density at radius 3 is 2.50 bits per heavy atom. The van der Waals surface area contributed by atoms with Gasteiger partial charge in [-0.1, -0.05) is 25.4 Å². The molecule has 0 spiro atoms. The van der Waals surface area contributed by atoms with Crippen LogP contribution in [0, 0.1) is 5.92 Å². The second-order valence-corrected chi connectivity index (χ2v) is 6.79. The number of aryl methyl sites for hydroxylation is 1. The van der Waals surface area contributed by atoms with Crippen LogP contribution in [0.3, 0.4) is 0 Å². The van der Waals surface area contributed by atoms with E-state index in [2.05, 4.69) is 9.82 Å². The molecule has 18 heavy (non-hydrogen) atoms. The summed E-state index contributed by atoms with van der Waals surface area (Å²) in [6.45, 7) is 3.87. The highest BCUT2D eigenvalue weighted by Crippen LogP contribution is 2.21. The van der Waals surface area contributed by atoms with Gasteiger partial charge < -0.3 is 0 Å². The quantitative estimate of drug-likeness (QED) is 0.817. The monoisotopic (exact) mass is 313 g/mol. The third-order valence-corrected chi connectivity index (χ3v) is 4.84. The van der Waals surface area contributed by atoms with Crippen LogP contribution >= 0.6 is 23.2 Å². The first-order valence-electron chi connectivity index (χ1n) is 5.55. The fourth-order valence-electron chi connectivity index (χ4n) is 1.60. The number of rotatable bonds is 6. The SMILES string of the molecule is CC(C)C(CCCl)NS(=O)(=O)c1c(Cl)cnn1C. The van der Waals surface area contributed by atoms with Gasteiger partial charge in [0.2, 0.25) is 0 Å². The average Bonchev–Trinajstić information content (AvgIpc) is 2.58. The van der Waals surface area contributed by atoms with Crippen molar-refractivity contribution in [2.24, 2.45) is 13.0 Å². The van der Waals surface area contributed by atoms with Gasteiger partial charge in [-0.05, 0) is 12.3 Å². The van der Waals surface area contributed by atoms with Gasteiger partial charge in [0.1, 0.15) is 0 Å². The predicted octanol–water partition coefficient (Wildman–Crippen LogP) is 2.01.